The molecule has 3 aromatic rings. The van der Waals surface area contributed by atoms with Crippen molar-refractivity contribution in [3.05, 3.63) is 89.5 Å². The highest BCUT2D eigenvalue weighted by Gasteiger charge is 2.29. The van der Waals surface area contributed by atoms with Crippen LogP contribution in [0.5, 0.6) is 0 Å². The molecule has 1 aliphatic heterocycles. The summed E-state index contributed by atoms with van der Waals surface area (Å²) >= 11 is 1.94. The van der Waals surface area contributed by atoms with E-state index in [1.54, 1.807) is 0 Å². The maximum absolute atomic E-state index is 4.72. The Bertz CT molecular complexity index is 947. The Hall–Kier alpha value is -2.52. The molecule has 0 unspecified atom stereocenters. The molecule has 1 aliphatic carbocycles. The lowest BCUT2D eigenvalue weighted by Crippen LogP contribution is -2.30. The molecule has 0 radical (unpaired) electrons. The first-order valence-corrected chi connectivity index (χ1v) is 10.0. The van der Waals surface area contributed by atoms with Crippen LogP contribution in [0.15, 0.2) is 82.7 Å². The molecular weight excluding hydrogens is 336 g/mol. The predicted molar refractivity (Wildman–Crippen MR) is 110 cm³/mol. The summed E-state index contributed by atoms with van der Waals surface area (Å²) in [7, 11) is 0. The van der Waals surface area contributed by atoms with E-state index in [1.807, 2.05) is 11.8 Å². The fraction of sp³-hybridized carbons (Fsp3) is 0.174. The van der Waals surface area contributed by atoms with Crippen molar-refractivity contribution in [2.45, 2.75) is 16.6 Å². The molecular formula is C23H20N2S. The quantitative estimate of drug-likeness (QED) is 0.690. The van der Waals surface area contributed by atoms with E-state index >= 15 is 0 Å². The Morgan fingerprint density at radius 2 is 1.38 bits per heavy atom. The zero-order valence-corrected chi connectivity index (χ0v) is 15.3. The summed E-state index contributed by atoms with van der Waals surface area (Å²) in [5.74, 6) is 1.04. The van der Waals surface area contributed by atoms with Crippen LogP contribution in [0.3, 0.4) is 0 Å². The largest absolute Gasteiger partial charge is 0.370 e. The van der Waals surface area contributed by atoms with Crippen LogP contribution < -0.4 is 5.32 Å². The topological polar surface area (TPSA) is 24.4 Å². The normalized spacial score (nSPS) is 15.8. The molecule has 1 N–H and O–H groups in total. The fourth-order valence-electron chi connectivity index (χ4n) is 3.84. The van der Waals surface area contributed by atoms with Crippen molar-refractivity contribution in [3.8, 4) is 11.1 Å². The molecule has 128 valence electrons. The predicted octanol–water partition coefficient (Wildman–Crippen LogP) is 5.29. The van der Waals surface area contributed by atoms with Gasteiger partial charge < -0.3 is 5.32 Å². The summed E-state index contributed by atoms with van der Waals surface area (Å²) in [5, 5.41) is 3.80. The number of fused-ring (bicyclic) bond motifs is 3. The maximum atomic E-state index is 4.72. The fourth-order valence-corrected chi connectivity index (χ4v) is 5.21. The monoisotopic (exact) mass is 356 g/mol. The number of benzene rings is 3. The molecule has 2 nitrogen and oxygen atoms in total. The SMILES string of the molecule is c1ccc(C2=NCCCN2)c(SC2c3ccccc3-c3ccccc32)c1. The number of aliphatic imine (C=N–C) groups is 1. The lowest BCUT2D eigenvalue weighted by Gasteiger charge is -2.19. The van der Waals surface area contributed by atoms with Crippen LogP contribution in [0, 0.1) is 0 Å². The molecule has 0 amide bonds. The van der Waals surface area contributed by atoms with Crippen LogP contribution in [0.1, 0.15) is 28.4 Å². The minimum absolute atomic E-state index is 0.327. The van der Waals surface area contributed by atoms with Gasteiger partial charge in [0.15, 0.2) is 0 Å². The van der Waals surface area contributed by atoms with E-state index in [0.29, 0.717) is 5.25 Å². The molecule has 5 rings (SSSR count). The van der Waals surface area contributed by atoms with Gasteiger partial charge in [0.25, 0.3) is 0 Å². The smallest absolute Gasteiger partial charge is 0.129 e. The van der Waals surface area contributed by atoms with E-state index in [0.717, 1.165) is 25.3 Å². The van der Waals surface area contributed by atoms with E-state index in [4.69, 9.17) is 4.99 Å². The molecule has 0 atom stereocenters. The average molecular weight is 356 g/mol. The van der Waals surface area contributed by atoms with Crippen LogP contribution in [0.2, 0.25) is 0 Å². The first-order chi connectivity index (χ1) is 12.9. The Morgan fingerprint density at radius 1 is 0.769 bits per heavy atom. The van der Waals surface area contributed by atoms with E-state index in [2.05, 4.69) is 78.1 Å². The van der Waals surface area contributed by atoms with Crippen molar-refractivity contribution in [2.24, 2.45) is 4.99 Å². The van der Waals surface area contributed by atoms with E-state index in [-0.39, 0.29) is 0 Å². The maximum Gasteiger partial charge on any atom is 0.129 e. The summed E-state index contributed by atoms with van der Waals surface area (Å²) in [6.07, 6.45) is 1.11. The van der Waals surface area contributed by atoms with Crippen LogP contribution in [0.4, 0.5) is 0 Å². The number of amidine groups is 1. The summed E-state index contributed by atoms with van der Waals surface area (Å²) in [5.41, 5.74) is 6.77. The minimum atomic E-state index is 0.327. The highest BCUT2D eigenvalue weighted by molar-refractivity contribution is 7.99. The molecule has 0 fully saturated rings. The summed E-state index contributed by atoms with van der Waals surface area (Å²) in [6, 6.07) is 26.2. The average Bonchev–Trinajstić information content (AvgIpc) is 3.03. The zero-order chi connectivity index (χ0) is 17.3. The van der Waals surface area contributed by atoms with Gasteiger partial charge >= 0.3 is 0 Å². The van der Waals surface area contributed by atoms with Crippen LogP contribution in [-0.4, -0.2) is 18.9 Å². The van der Waals surface area contributed by atoms with Gasteiger partial charge in [0.2, 0.25) is 0 Å². The summed E-state index contributed by atoms with van der Waals surface area (Å²) < 4.78 is 0. The third-order valence-corrected chi connectivity index (χ3v) is 6.41. The van der Waals surface area contributed by atoms with Crippen molar-refractivity contribution in [2.75, 3.05) is 13.1 Å². The number of rotatable bonds is 3. The third kappa shape index (κ3) is 2.63. The van der Waals surface area contributed by atoms with Crippen LogP contribution in [-0.2, 0) is 0 Å². The van der Waals surface area contributed by atoms with Gasteiger partial charge in [-0.15, -0.1) is 11.8 Å². The van der Waals surface area contributed by atoms with E-state index in [9.17, 15) is 0 Å². The van der Waals surface area contributed by atoms with E-state index in [1.165, 1.54) is 32.7 Å². The molecule has 0 bridgehead atoms. The molecule has 26 heavy (non-hydrogen) atoms. The number of thioether (sulfide) groups is 1. The van der Waals surface area contributed by atoms with Crippen molar-refractivity contribution >= 4 is 17.6 Å². The standard InChI is InChI=1S/C23H20N2S/c1-3-10-18-16(8-1)17-9-2-4-11-19(17)22(18)26-21-13-6-5-12-20(21)23-24-14-7-15-25-23/h1-6,8-13,22H,7,14-15H2,(H,24,25). The molecule has 0 spiro atoms. The van der Waals surface area contributed by atoms with Crippen molar-refractivity contribution in [1.82, 2.24) is 5.32 Å². The number of hydrogen-bond acceptors (Lipinski definition) is 3. The van der Waals surface area contributed by atoms with Gasteiger partial charge in [0, 0.05) is 23.5 Å². The lowest BCUT2D eigenvalue weighted by molar-refractivity contribution is 0.741. The van der Waals surface area contributed by atoms with Gasteiger partial charge in [0.05, 0.1) is 5.25 Å². The Kier molecular flexibility index (Phi) is 4.02. The van der Waals surface area contributed by atoms with Gasteiger partial charge in [-0.3, -0.25) is 4.99 Å². The first-order valence-electron chi connectivity index (χ1n) is 9.14. The summed E-state index contributed by atoms with van der Waals surface area (Å²) in [4.78, 5) is 6.00. The van der Waals surface area contributed by atoms with Gasteiger partial charge in [-0.25, -0.2) is 0 Å². The zero-order valence-electron chi connectivity index (χ0n) is 14.5. The third-order valence-electron chi connectivity index (χ3n) is 5.06. The summed E-state index contributed by atoms with van der Waals surface area (Å²) in [6.45, 7) is 1.92. The van der Waals surface area contributed by atoms with Gasteiger partial charge in [-0.2, -0.15) is 0 Å². The Labute approximate surface area is 158 Å². The highest BCUT2D eigenvalue weighted by atomic mass is 32.2. The van der Waals surface area contributed by atoms with Crippen LogP contribution >= 0.6 is 11.8 Å². The molecule has 3 heteroatoms. The number of hydrogen-bond donors (Lipinski definition) is 1. The molecule has 0 saturated carbocycles. The van der Waals surface area contributed by atoms with E-state index < -0.39 is 0 Å². The molecule has 3 aromatic carbocycles. The number of nitrogens with one attached hydrogen (secondary N) is 1. The molecule has 2 aliphatic rings. The van der Waals surface area contributed by atoms with Gasteiger partial charge in [-0.05, 0) is 34.7 Å². The minimum Gasteiger partial charge on any atom is -0.370 e. The van der Waals surface area contributed by atoms with Gasteiger partial charge in [0.1, 0.15) is 5.84 Å². The Balaban J connectivity index is 1.58. The molecule has 0 saturated heterocycles. The highest BCUT2D eigenvalue weighted by Crippen LogP contribution is 2.52. The lowest BCUT2D eigenvalue weighted by atomic mass is 10.1. The van der Waals surface area contributed by atoms with Crippen molar-refractivity contribution < 1.29 is 0 Å². The van der Waals surface area contributed by atoms with Crippen LogP contribution in [0.25, 0.3) is 11.1 Å². The first kappa shape index (κ1) is 15.7. The second kappa shape index (κ2) is 6.65. The second-order valence-electron chi connectivity index (χ2n) is 6.68. The van der Waals surface area contributed by atoms with Crippen molar-refractivity contribution in [3.63, 3.8) is 0 Å². The number of nitrogens with zero attached hydrogens (tertiary/aromatic N) is 1. The molecule has 0 aromatic heterocycles. The van der Waals surface area contributed by atoms with Gasteiger partial charge in [-0.1, -0.05) is 66.7 Å². The van der Waals surface area contributed by atoms with Crippen molar-refractivity contribution in [1.29, 1.82) is 0 Å². The second-order valence-corrected chi connectivity index (χ2v) is 7.83. The molecule has 1 heterocycles. The Morgan fingerprint density at radius 3 is 2.04 bits per heavy atom.